The summed E-state index contributed by atoms with van der Waals surface area (Å²) in [7, 11) is -3.17. The molecule has 0 fully saturated rings. The van der Waals surface area contributed by atoms with Crippen LogP contribution in [0.1, 0.15) is 31.2 Å². The maximum Gasteiger partial charge on any atom is 0.175 e. The van der Waals surface area contributed by atoms with E-state index in [-0.39, 0.29) is 12.5 Å². The highest BCUT2D eigenvalue weighted by Gasteiger charge is 2.15. The van der Waals surface area contributed by atoms with Crippen molar-refractivity contribution >= 4 is 9.84 Å². The number of benzene rings is 1. The first kappa shape index (κ1) is 15.1. The Kier molecular flexibility index (Phi) is 5.31. The Labute approximate surface area is 108 Å². The van der Waals surface area contributed by atoms with Gasteiger partial charge >= 0.3 is 0 Å². The molecule has 2 unspecified atom stereocenters. The SMILES string of the molecule is CCC(CC(O)CO)c1ccc(S(C)(=O)=O)cc1. The quantitative estimate of drug-likeness (QED) is 0.819. The van der Waals surface area contributed by atoms with E-state index in [1.807, 2.05) is 6.92 Å². The fourth-order valence-electron chi connectivity index (χ4n) is 1.93. The molecule has 0 radical (unpaired) electrons. The fourth-order valence-corrected chi connectivity index (χ4v) is 2.56. The fraction of sp³-hybridized carbons (Fsp3) is 0.538. The number of aliphatic hydroxyl groups is 2. The topological polar surface area (TPSA) is 74.6 Å². The van der Waals surface area contributed by atoms with Crippen LogP contribution >= 0.6 is 0 Å². The molecule has 2 atom stereocenters. The molecule has 0 heterocycles. The predicted octanol–water partition coefficient (Wildman–Crippen LogP) is 1.33. The summed E-state index contributed by atoms with van der Waals surface area (Å²) >= 11 is 0. The van der Waals surface area contributed by atoms with Crippen LogP contribution < -0.4 is 0 Å². The highest BCUT2D eigenvalue weighted by atomic mass is 32.2. The first-order chi connectivity index (χ1) is 8.38. The molecule has 18 heavy (non-hydrogen) atoms. The number of sulfone groups is 1. The van der Waals surface area contributed by atoms with Gasteiger partial charge in [-0.25, -0.2) is 8.42 Å². The van der Waals surface area contributed by atoms with Gasteiger partial charge in [0.05, 0.1) is 17.6 Å². The Hall–Kier alpha value is -0.910. The van der Waals surface area contributed by atoms with Crippen LogP contribution in [0.2, 0.25) is 0 Å². The van der Waals surface area contributed by atoms with Gasteiger partial charge < -0.3 is 10.2 Å². The average Bonchev–Trinajstić information content (AvgIpc) is 2.34. The molecular weight excluding hydrogens is 252 g/mol. The van der Waals surface area contributed by atoms with Gasteiger partial charge in [0.1, 0.15) is 0 Å². The zero-order valence-corrected chi connectivity index (χ0v) is 11.5. The normalized spacial score (nSPS) is 15.3. The highest BCUT2D eigenvalue weighted by Crippen LogP contribution is 2.25. The zero-order chi connectivity index (χ0) is 13.8. The number of hydrogen-bond donors (Lipinski definition) is 2. The van der Waals surface area contributed by atoms with E-state index >= 15 is 0 Å². The lowest BCUT2D eigenvalue weighted by Crippen LogP contribution is -2.16. The molecule has 1 aromatic rings. The second kappa shape index (κ2) is 6.31. The minimum atomic E-state index is -3.17. The molecule has 1 rings (SSSR count). The third-order valence-electron chi connectivity index (χ3n) is 3.04. The Balaban J connectivity index is 2.89. The molecule has 1 aromatic carbocycles. The van der Waals surface area contributed by atoms with E-state index in [0.717, 1.165) is 12.0 Å². The van der Waals surface area contributed by atoms with Crippen LogP contribution in [0.25, 0.3) is 0 Å². The van der Waals surface area contributed by atoms with Gasteiger partial charge in [-0.2, -0.15) is 0 Å². The summed E-state index contributed by atoms with van der Waals surface area (Å²) in [4.78, 5) is 0.295. The largest absolute Gasteiger partial charge is 0.394 e. The minimum Gasteiger partial charge on any atom is -0.394 e. The van der Waals surface area contributed by atoms with Crippen LogP contribution in [0.5, 0.6) is 0 Å². The van der Waals surface area contributed by atoms with E-state index in [9.17, 15) is 13.5 Å². The molecule has 0 saturated heterocycles. The number of rotatable bonds is 6. The van der Waals surface area contributed by atoms with Crippen LogP contribution in [-0.2, 0) is 9.84 Å². The second-order valence-corrected chi connectivity index (χ2v) is 6.53. The van der Waals surface area contributed by atoms with Crippen molar-refractivity contribution < 1.29 is 18.6 Å². The number of aliphatic hydroxyl groups excluding tert-OH is 2. The van der Waals surface area contributed by atoms with Crippen LogP contribution in [0.15, 0.2) is 29.2 Å². The number of hydrogen-bond acceptors (Lipinski definition) is 4. The van der Waals surface area contributed by atoms with Gasteiger partial charge in [-0.05, 0) is 36.5 Å². The molecule has 0 aliphatic rings. The Bertz CT molecular complexity index is 464. The van der Waals surface area contributed by atoms with E-state index < -0.39 is 15.9 Å². The van der Waals surface area contributed by atoms with E-state index in [1.54, 1.807) is 24.3 Å². The average molecular weight is 272 g/mol. The minimum absolute atomic E-state index is 0.126. The highest BCUT2D eigenvalue weighted by molar-refractivity contribution is 7.90. The third-order valence-corrected chi connectivity index (χ3v) is 4.17. The summed E-state index contributed by atoms with van der Waals surface area (Å²) in [6.07, 6.45) is 1.75. The molecule has 0 amide bonds. The molecule has 0 aromatic heterocycles. The van der Waals surface area contributed by atoms with E-state index in [0.29, 0.717) is 11.3 Å². The lowest BCUT2D eigenvalue weighted by atomic mass is 9.91. The lowest BCUT2D eigenvalue weighted by molar-refractivity contribution is 0.0817. The zero-order valence-electron chi connectivity index (χ0n) is 10.7. The Morgan fingerprint density at radius 1 is 1.22 bits per heavy atom. The van der Waals surface area contributed by atoms with E-state index in [2.05, 4.69) is 0 Å². The standard InChI is InChI=1S/C13H20O4S/c1-3-10(8-12(15)9-14)11-4-6-13(7-5-11)18(2,16)17/h4-7,10,12,14-15H,3,8-9H2,1-2H3. The van der Waals surface area contributed by atoms with Crippen molar-refractivity contribution in [2.45, 2.75) is 36.7 Å². The van der Waals surface area contributed by atoms with Crippen molar-refractivity contribution in [2.75, 3.05) is 12.9 Å². The van der Waals surface area contributed by atoms with Gasteiger partial charge in [0.15, 0.2) is 9.84 Å². The van der Waals surface area contributed by atoms with Gasteiger partial charge in [0.25, 0.3) is 0 Å². The first-order valence-corrected chi connectivity index (χ1v) is 7.86. The van der Waals surface area contributed by atoms with E-state index in [1.165, 1.54) is 6.26 Å². The van der Waals surface area contributed by atoms with Gasteiger partial charge in [-0.15, -0.1) is 0 Å². The molecule has 102 valence electrons. The maximum absolute atomic E-state index is 11.3. The molecule has 0 aliphatic carbocycles. The summed E-state index contributed by atoms with van der Waals surface area (Å²) in [5.74, 6) is 0.126. The summed E-state index contributed by atoms with van der Waals surface area (Å²) in [6, 6.07) is 6.71. The maximum atomic E-state index is 11.3. The molecule has 2 N–H and O–H groups in total. The Morgan fingerprint density at radius 3 is 2.17 bits per heavy atom. The Morgan fingerprint density at radius 2 is 1.78 bits per heavy atom. The van der Waals surface area contributed by atoms with Crippen molar-refractivity contribution in [1.82, 2.24) is 0 Å². The van der Waals surface area contributed by atoms with Gasteiger partial charge in [-0.1, -0.05) is 19.1 Å². The molecular formula is C13H20O4S. The monoisotopic (exact) mass is 272 g/mol. The van der Waals surface area contributed by atoms with Gasteiger partial charge in [-0.3, -0.25) is 0 Å². The molecule has 0 aliphatic heterocycles. The van der Waals surface area contributed by atoms with Crippen molar-refractivity contribution in [1.29, 1.82) is 0 Å². The van der Waals surface area contributed by atoms with Gasteiger partial charge in [0, 0.05) is 6.26 Å². The molecule has 4 nitrogen and oxygen atoms in total. The second-order valence-electron chi connectivity index (χ2n) is 4.52. The summed E-state index contributed by atoms with van der Waals surface area (Å²) in [5.41, 5.74) is 0.984. The smallest absolute Gasteiger partial charge is 0.175 e. The van der Waals surface area contributed by atoms with Crippen molar-refractivity contribution in [3.63, 3.8) is 0 Å². The molecule has 0 saturated carbocycles. The van der Waals surface area contributed by atoms with E-state index in [4.69, 9.17) is 5.11 Å². The summed E-state index contributed by atoms with van der Waals surface area (Å²) in [6.45, 7) is 1.75. The predicted molar refractivity (Wildman–Crippen MR) is 70.3 cm³/mol. The van der Waals surface area contributed by atoms with Crippen LogP contribution in [0, 0.1) is 0 Å². The van der Waals surface area contributed by atoms with Crippen LogP contribution in [0.3, 0.4) is 0 Å². The molecule has 0 spiro atoms. The third kappa shape index (κ3) is 4.08. The lowest BCUT2D eigenvalue weighted by Gasteiger charge is -2.18. The van der Waals surface area contributed by atoms with Crippen molar-refractivity contribution in [2.24, 2.45) is 0 Å². The van der Waals surface area contributed by atoms with Gasteiger partial charge in [0.2, 0.25) is 0 Å². The summed E-state index contributed by atoms with van der Waals surface area (Å²) in [5, 5.41) is 18.3. The first-order valence-electron chi connectivity index (χ1n) is 5.97. The van der Waals surface area contributed by atoms with Crippen molar-refractivity contribution in [3.8, 4) is 0 Å². The molecule has 0 bridgehead atoms. The molecule has 5 heteroatoms. The van der Waals surface area contributed by atoms with Crippen LogP contribution in [-0.4, -0.2) is 37.6 Å². The van der Waals surface area contributed by atoms with Crippen molar-refractivity contribution in [3.05, 3.63) is 29.8 Å². The van der Waals surface area contributed by atoms with Crippen LogP contribution in [0.4, 0.5) is 0 Å². The summed E-state index contributed by atoms with van der Waals surface area (Å²) < 4.78 is 22.7.